The third kappa shape index (κ3) is 4.00. The van der Waals surface area contributed by atoms with E-state index < -0.39 is 6.61 Å². The first-order valence-corrected chi connectivity index (χ1v) is 9.70. The highest BCUT2D eigenvalue weighted by molar-refractivity contribution is 5.77. The molecule has 2 aliphatic heterocycles. The van der Waals surface area contributed by atoms with E-state index in [0.29, 0.717) is 24.4 Å². The van der Waals surface area contributed by atoms with Crippen LogP contribution in [-0.4, -0.2) is 24.6 Å². The number of hydrogen-bond acceptors (Lipinski definition) is 3. The van der Waals surface area contributed by atoms with Crippen molar-refractivity contribution in [3.8, 4) is 5.75 Å². The zero-order valence-electron chi connectivity index (χ0n) is 14.8. The van der Waals surface area contributed by atoms with Gasteiger partial charge in [0.2, 0.25) is 5.91 Å². The summed E-state index contributed by atoms with van der Waals surface area (Å²) in [6, 6.07) is 6.24. The standard InChI is InChI=1S/C20H26F2N2O2/c21-20(22)26-16-6-7-17-13(11-16)2-1-3-18(17)24-19(25)10-12-8-14-4-5-15(9-12)23-14/h6-7,11-12,14-15,18,20,23H,1-5,8-10H2,(H,24,25). The van der Waals surface area contributed by atoms with Crippen LogP contribution in [0.25, 0.3) is 0 Å². The maximum absolute atomic E-state index is 12.6. The number of piperidine rings is 1. The first-order valence-electron chi connectivity index (χ1n) is 9.70. The molecule has 1 aromatic carbocycles. The van der Waals surface area contributed by atoms with Crippen molar-refractivity contribution in [3.05, 3.63) is 29.3 Å². The number of alkyl halides is 2. The minimum absolute atomic E-state index is 0.0229. The summed E-state index contributed by atoms with van der Waals surface area (Å²) < 4.78 is 29.3. The molecule has 0 radical (unpaired) electrons. The Morgan fingerprint density at radius 2 is 2.00 bits per heavy atom. The number of amides is 1. The quantitative estimate of drug-likeness (QED) is 0.838. The van der Waals surface area contributed by atoms with Crippen LogP contribution in [0.4, 0.5) is 8.78 Å². The largest absolute Gasteiger partial charge is 0.435 e. The van der Waals surface area contributed by atoms with Crippen molar-refractivity contribution in [1.82, 2.24) is 10.6 Å². The van der Waals surface area contributed by atoms with E-state index in [1.807, 2.05) is 6.07 Å². The van der Waals surface area contributed by atoms with Crippen molar-refractivity contribution in [3.63, 3.8) is 0 Å². The lowest BCUT2D eigenvalue weighted by atomic mass is 9.86. The van der Waals surface area contributed by atoms with E-state index in [-0.39, 0.29) is 17.7 Å². The van der Waals surface area contributed by atoms with E-state index in [9.17, 15) is 13.6 Å². The van der Waals surface area contributed by atoms with E-state index in [1.165, 1.54) is 12.8 Å². The third-order valence-corrected chi connectivity index (χ3v) is 6.03. The SMILES string of the molecule is O=C(CC1CC2CCC(C1)N2)NC1CCCc2cc(OC(F)F)ccc21. The molecule has 142 valence electrons. The van der Waals surface area contributed by atoms with Gasteiger partial charge in [0, 0.05) is 18.5 Å². The van der Waals surface area contributed by atoms with Crippen molar-refractivity contribution in [2.24, 2.45) is 5.92 Å². The molecule has 1 aliphatic carbocycles. The fourth-order valence-electron chi connectivity index (χ4n) is 4.97. The molecule has 0 spiro atoms. The van der Waals surface area contributed by atoms with Crippen LogP contribution in [0.1, 0.15) is 62.1 Å². The Morgan fingerprint density at radius 3 is 2.73 bits per heavy atom. The van der Waals surface area contributed by atoms with Gasteiger partial charge in [0.15, 0.2) is 0 Å². The van der Waals surface area contributed by atoms with Crippen molar-refractivity contribution >= 4 is 5.91 Å². The van der Waals surface area contributed by atoms with Gasteiger partial charge in [-0.3, -0.25) is 4.79 Å². The van der Waals surface area contributed by atoms with Crippen LogP contribution in [0.15, 0.2) is 18.2 Å². The molecule has 0 aromatic heterocycles. The summed E-state index contributed by atoms with van der Waals surface area (Å²) in [6.45, 7) is -2.81. The van der Waals surface area contributed by atoms with E-state index >= 15 is 0 Å². The Balaban J connectivity index is 1.37. The van der Waals surface area contributed by atoms with E-state index in [2.05, 4.69) is 15.4 Å². The predicted molar refractivity (Wildman–Crippen MR) is 94.2 cm³/mol. The number of fused-ring (bicyclic) bond motifs is 3. The van der Waals surface area contributed by atoms with Gasteiger partial charge in [0.1, 0.15) is 5.75 Å². The van der Waals surface area contributed by atoms with Crippen LogP contribution in [0, 0.1) is 5.92 Å². The van der Waals surface area contributed by atoms with Gasteiger partial charge in [-0.15, -0.1) is 0 Å². The summed E-state index contributed by atoms with van der Waals surface area (Å²) in [5, 5.41) is 6.79. The Hall–Kier alpha value is -1.69. The fourth-order valence-corrected chi connectivity index (χ4v) is 4.97. The molecule has 2 saturated heterocycles. The van der Waals surface area contributed by atoms with Gasteiger partial charge in [-0.05, 0) is 74.1 Å². The number of carbonyl (C=O) groups excluding carboxylic acids is 1. The molecule has 26 heavy (non-hydrogen) atoms. The average Bonchev–Trinajstić information content (AvgIpc) is 2.93. The number of hydrogen-bond donors (Lipinski definition) is 2. The van der Waals surface area contributed by atoms with Crippen LogP contribution < -0.4 is 15.4 Å². The average molecular weight is 364 g/mol. The molecule has 1 aromatic rings. The maximum Gasteiger partial charge on any atom is 0.387 e. The summed E-state index contributed by atoms with van der Waals surface area (Å²) in [5.41, 5.74) is 2.04. The highest BCUT2D eigenvalue weighted by Gasteiger charge is 2.34. The first-order chi connectivity index (χ1) is 12.6. The molecular weight excluding hydrogens is 338 g/mol. The topological polar surface area (TPSA) is 50.4 Å². The minimum atomic E-state index is -2.81. The fraction of sp³-hybridized carbons (Fsp3) is 0.650. The van der Waals surface area contributed by atoms with E-state index in [1.54, 1.807) is 12.1 Å². The van der Waals surface area contributed by atoms with Gasteiger partial charge in [-0.2, -0.15) is 8.78 Å². The zero-order valence-corrected chi connectivity index (χ0v) is 14.8. The number of halogens is 2. The number of rotatable bonds is 5. The Bertz CT molecular complexity index is 655. The molecule has 2 fully saturated rings. The molecular formula is C20H26F2N2O2. The highest BCUT2D eigenvalue weighted by atomic mass is 19.3. The molecule has 2 heterocycles. The normalized spacial score (nSPS) is 30.1. The van der Waals surface area contributed by atoms with Gasteiger partial charge in [-0.1, -0.05) is 6.07 Å². The lowest BCUT2D eigenvalue weighted by Crippen LogP contribution is -2.40. The number of aryl methyl sites for hydroxylation is 1. The molecule has 3 aliphatic rings. The molecule has 4 nitrogen and oxygen atoms in total. The van der Waals surface area contributed by atoms with Crippen LogP contribution in [0.2, 0.25) is 0 Å². The number of nitrogens with one attached hydrogen (secondary N) is 2. The summed E-state index contributed by atoms with van der Waals surface area (Å²) in [7, 11) is 0. The smallest absolute Gasteiger partial charge is 0.387 e. The number of ether oxygens (including phenoxy) is 1. The van der Waals surface area contributed by atoms with Gasteiger partial charge in [-0.25, -0.2) is 0 Å². The minimum Gasteiger partial charge on any atom is -0.435 e. The second-order valence-corrected chi connectivity index (χ2v) is 7.93. The van der Waals surface area contributed by atoms with Gasteiger partial charge >= 0.3 is 6.61 Å². The maximum atomic E-state index is 12.6. The van der Waals surface area contributed by atoms with Crippen molar-refractivity contribution in [1.29, 1.82) is 0 Å². The third-order valence-electron chi connectivity index (χ3n) is 6.03. The molecule has 6 heteroatoms. The predicted octanol–water partition coefficient (Wildman–Crippen LogP) is 3.70. The lowest BCUT2D eigenvalue weighted by molar-refractivity contribution is -0.123. The molecule has 4 rings (SSSR count). The van der Waals surface area contributed by atoms with Gasteiger partial charge in [0.05, 0.1) is 6.04 Å². The van der Waals surface area contributed by atoms with Gasteiger partial charge < -0.3 is 15.4 Å². The molecule has 1 amide bonds. The summed E-state index contributed by atoms with van der Waals surface area (Å²) in [4.78, 5) is 12.6. The first kappa shape index (κ1) is 17.7. The van der Waals surface area contributed by atoms with Crippen molar-refractivity contribution < 1.29 is 18.3 Å². The molecule has 2 bridgehead atoms. The molecule has 0 saturated carbocycles. The second kappa shape index (κ2) is 7.51. The van der Waals surface area contributed by atoms with E-state index in [0.717, 1.165) is 43.2 Å². The van der Waals surface area contributed by atoms with Crippen LogP contribution in [0.3, 0.4) is 0 Å². The summed E-state index contributed by atoms with van der Waals surface area (Å²) in [6.07, 6.45) is 7.92. The van der Waals surface area contributed by atoms with Crippen LogP contribution >= 0.6 is 0 Å². The molecule has 3 atom stereocenters. The van der Waals surface area contributed by atoms with E-state index in [4.69, 9.17) is 0 Å². The van der Waals surface area contributed by atoms with Crippen molar-refractivity contribution in [2.45, 2.75) is 76.1 Å². The number of benzene rings is 1. The van der Waals surface area contributed by atoms with Gasteiger partial charge in [0.25, 0.3) is 0 Å². The Morgan fingerprint density at radius 1 is 1.23 bits per heavy atom. The Kier molecular flexibility index (Phi) is 5.11. The molecule has 2 N–H and O–H groups in total. The number of carbonyl (C=O) groups is 1. The van der Waals surface area contributed by atoms with Crippen LogP contribution in [-0.2, 0) is 11.2 Å². The van der Waals surface area contributed by atoms with Crippen LogP contribution in [0.5, 0.6) is 5.75 Å². The zero-order chi connectivity index (χ0) is 18.1. The van der Waals surface area contributed by atoms with Crippen molar-refractivity contribution in [2.75, 3.05) is 0 Å². The Labute approximate surface area is 152 Å². The molecule has 3 unspecified atom stereocenters. The lowest BCUT2D eigenvalue weighted by Gasteiger charge is -2.30. The highest BCUT2D eigenvalue weighted by Crippen LogP contribution is 2.35. The monoisotopic (exact) mass is 364 g/mol. The summed E-state index contributed by atoms with van der Waals surface area (Å²) in [5.74, 6) is 0.775. The summed E-state index contributed by atoms with van der Waals surface area (Å²) >= 11 is 0. The second-order valence-electron chi connectivity index (χ2n) is 7.93.